The van der Waals surface area contributed by atoms with Crippen molar-refractivity contribution in [2.24, 2.45) is 0 Å². The first kappa shape index (κ1) is 19.7. The number of benzene rings is 1. The summed E-state index contributed by atoms with van der Waals surface area (Å²) in [6.45, 7) is 0. The van der Waals surface area contributed by atoms with Crippen LogP contribution in [0.5, 0.6) is 0 Å². The molecule has 5 nitrogen and oxygen atoms in total. The van der Waals surface area contributed by atoms with Gasteiger partial charge in [-0.15, -0.1) is 13.2 Å². The molecule has 0 aliphatic heterocycles. The minimum atomic E-state index is -5.13. The van der Waals surface area contributed by atoms with Gasteiger partial charge >= 0.3 is 12.5 Å². The van der Waals surface area contributed by atoms with Gasteiger partial charge in [0.05, 0.1) is 21.3 Å². The summed E-state index contributed by atoms with van der Waals surface area (Å²) in [5.41, 5.74) is -3.36. The van der Waals surface area contributed by atoms with Crippen LogP contribution in [0.1, 0.15) is 16.8 Å². The molecule has 2 aromatic rings. The Hall–Kier alpha value is -2.63. The molecule has 136 valence electrons. The summed E-state index contributed by atoms with van der Waals surface area (Å²) in [4.78, 5) is 0. The lowest BCUT2D eigenvalue weighted by Gasteiger charge is -2.16. The largest absolute Gasteiger partial charge is 0.506 e. The lowest BCUT2D eigenvalue weighted by Crippen LogP contribution is -2.20. The van der Waals surface area contributed by atoms with Crippen LogP contribution in [0.15, 0.2) is 12.1 Å². The number of nitrogens with zero attached hydrogens (tertiary/aromatic N) is 4. The van der Waals surface area contributed by atoms with Crippen LogP contribution < -0.4 is 5.32 Å². The maximum Gasteiger partial charge on any atom is 0.506 e. The van der Waals surface area contributed by atoms with Crippen LogP contribution in [0.2, 0.25) is 10.0 Å². The van der Waals surface area contributed by atoms with Crippen LogP contribution in [0.4, 0.5) is 37.8 Å². The smallest absolute Gasteiger partial charge is 0.337 e. The van der Waals surface area contributed by atoms with E-state index in [1.165, 1.54) is 12.1 Å². The van der Waals surface area contributed by atoms with Gasteiger partial charge in [-0.3, -0.25) is 0 Å². The first-order valence-electron chi connectivity index (χ1n) is 6.23. The molecule has 0 saturated heterocycles. The predicted molar refractivity (Wildman–Crippen MR) is 77.7 cm³/mol. The van der Waals surface area contributed by atoms with E-state index in [0.717, 1.165) is 0 Å². The molecule has 0 unspecified atom stereocenters. The number of aromatic nitrogens is 2. The van der Waals surface area contributed by atoms with Gasteiger partial charge in [-0.05, 0) is 12.1 Å². The van der Waals surface area contributed by atoms with Gasteiger partial charge in [0.2, 0.25) is 0 Å². The topological polar surface area (TPSA) is 77.4 Å². The average Bonchev–Trinajstić information content (AvgIpc) is 2.87. The van der Waals surface area contributed by atoms with Gasteiger partial charge in [-0.1, -0.05) is 23.2 Å². The molecule has 0 fully saturated rings. The Morgan fingerprint density at radius 2 is 1.54 bits per heavy atom. The molecule has 0 aliphatic rings. The lowest BCUT2D eigenvalue weighted by molar-refractivity contribution is -0.210. The molecule has 0 bridgehead atoms. The third-order valence-corrected chi connectivity index (χ3v) is 3.55. The van der Waals surface area contributed by atoms with E-state index < -0.39 is 55.5 Å². The Bertz CT molecular complexity index is 925. The molecule has 1 aromatic heterocycles. The Kier molecular flexibility index (Phi) is 4.99. The van der Waals surface area contributed by atoms with Crippen LogP contribution >= 0.6 is 23.2 Å². The van der Waals surface area contributed by atoms with E-state index >= 15 is 0 Å². The minimum absolute atomic E-state index is 0.446. The molecule has 13 heteroatoms. The zero-order valence-corrected chi connectivity index (χ0v) is 13.5. The number of nitriles is 2. The molecule has 1 heterocycles. The summed E-state index contributed by atoms with van der Waals surface area (Å²) in [6.07, 6.45) is -9.92. The highest BCUT2D eigenvalue weighted by Gasteiger charge is 2.38. The van der Waals surface area contributed by atoms with Crippen LogP contribution in [-0.2, 0) is 12.5 Å². The summed E-state index contributed by atoms with van der Waals surface area (Å²) >= 11 is 11.4. The predicted octanol–water partition coefficient (Wildman–Crippen LogP) is 5.17. The van der Waals surface area contributed by atoms with Gasteiger partial charge in [0.25, 0.3) is 0 Å². The normalized spacial score (nSPS) is 11.8. The van der Waals surface area contributed by atoms with Crippen LogP contribution in [-0.4, -0.2) is 9.78 Å². The van der Waals surface area contributed by atoms with Crippen molar-refractivity contribution in [1.82, 2.24) is 9.78 Å². The third-order valence-electron chi connectivity index (χ3n) is 2.96. The van der Waals surface area contributed by atoms with Gasteiger partial charge < -0.3 is 5.32 Å². The molecule has 26 heavy (non-hydrogen) atoms. The molecule has 0 spiro atoms. The van der Waals surface area contributed by atoms with E-state index in [4.69, 9.17) is 33.7 Å². The van der Waals surface area contributed by atoms with Gasteiger partial charge in [0, 0.05) is 0 Å². The number of rotatable bonds is 2. The van der Waals surface area contributed by atoms with Gasteiger partial charge in [-0.2, -0.15) is 33.5 Å². The molecule has 1 aromatic carbocycles. The summed E-state index contributed by atoms with van der Waals surface area (Å²) in [5.74, 6) is -1.01. The first-order valence-corrected chi connectivity index (χ1v) is 6.99. The number of nitrogens with one attached hydrogen (secondary N) is 1. The fraction of sp³-hybridized carbons (Fsp3) is 0.154. The Morgan fingerprint density at radius 3 is 1.92 bits per heavy atom. The number of hydrogen-bond donors (Lipinski definition) is 1. The molecule has 0 saturated carbocycles. The summed E-state index contributed by atoms with van der Waals surface area (Å²) < 4.78 is 76.7. The standard InChI is InChI=1S/C13H3Cl2F6N5/c14-7-1-5(12(16,17)18)2-8(15)10(7)24-11-6(3-22)9(4-23)25-26(11)13(19,20)21/h1-2,24H. The van der Waals surface area contributed by atoms with E-state index in [-0.39, 0.29) is 0 Å². The second kappa shape index (κ2) is 6.59. The second-order valence-electron chi connectivity index (χ2n) is 4.61. The van der Waals surface area contributed by atoms with E-state index in [2.05, 4.69) is 5.10 Å². The molecular weight excluding hydrogens is 411 g/mol. The molecule has 1 N–H and O–H groups in total. The van der Waals surface area contributed by atoms with E-state index in [0.29, 0.717) is 12.1 Å². The van der Waals surface area contributed by atoms with Crippen molar-refractivity contribution in [3.8, 4) is 12.1 Å². The van der Waals surface area contributed by atoms with E-state index in [9.17, 15) is 26.3 Å². The third kappa shape index (κ3) is 3.64. The van der Waals surface area contributed by atoms with Crippen LogP contribution in [0, 0.1) is 22.7 Å². The Balaban J connectivity index is 2.65. The average molecular weight is 414 g/mol. The van der Waals surface area contributed by atoms with Crippen molar-refractivity contribution < 1.29 is 26.3 Å². The van der Waals surface area contributed by atoms with Crippen LogP contribution in [0.3, 0.4) is 0 Å². The highest BCUT2D eigenvalue weighted by Crippen LogP contribution is 2.41. The van der Waals surface area contributed by atoms with Crippen molar-refractivity contribution in [2.75, 3.05) is 5.32 Å². The number of alkyl halides is 6. The Labute approximate surface area is 150 Å². The number of halogens is 8. The van der Waals surface area contributed by atoms with Crippen molar-refractivity contribution in [2.45, 2.75) is 12.5 Å². The number of hydrogen-bond acceptors (Lipinski definition) is 4. The van der Waals surface area contributed by atoms with Crippen molar-refractivity contribution in [1.29, 1.82) is 10.5 Å². The second-order valence-corrected chi connectivity index (χ2v) is 5.43. The first-order chi connectivity index (χ1) is 11.9. The molecular formula is C13H3Cl2F6N5. The molecule has 0 radical (unpaired) electrons. The fourth-order valence-corrected chi connectivity index (χ4v) is 2.46. The van der Waals surface area contributed by atoms with Crippen molar-refractivity contribution >= 4 is 34.7 Å². The summed E-state index contributed by atoms with van der Waals surface area (Å²) in [5, 5.41) is 21.5. The number of anilines is 2. The van der Waals surface area contributed by atoms with E-state index in [1.54, 1.807) is 0 Å². The highest BCUT2D eigenvalue weighted by molar-refractivity contribution is 6.39. The molecule has 0 aliphatic carbocycles. The summed E-state index contributed by atoms with van der Waals surface area (Å²) in [7, 11) is 0. The van der Waals surface area contributed by atoms with Crippen LogP contribution in [0.25, 0.3) is 0 Å². The zero-order valence-electron chi connectivity index (χ0n) is 12.0. The lowest BCUT2D eigenvalue weighted by atomic mass is 10.2. The maximum absolute atomic E-state index is 13.1. The van der Waals surface area contributed by atoms with Crippen molar-refractivity contribution in [3.63, 3.8) is 0 Å². The monoisotopic (exact) mass is 413 g/mol. The maximum atomic E-state index is 13.1. The summed E-state index contributed by atoms with van der Waals surface area (Å²) in [6, 6.07) is 3.57. The molecule has 0 atom stereocenters. The van der Waals surface area contributed by atoms with E-state index in [1.807, 2.05) is 5.32 Å². The molecule has 2 rings (SSSR count). The highest BCUT2D eigenvalue weighted by atomic mass is 35.5. The van der Waals surface area contributed by atoms with Gasteiger partial charge in [0.15, 0.2) is 11.5 Å². The van der Waals surface area contributed by atoms with Gasteiger partial charge in [0.1, 0.15) is 17.7 Å². The zero-order chi connectivity index (χ0) is 19.9. The van der Waals surface area contributed by atoms with Crippen molar-refractivity contribution in [3.05, 3.63) is 39.0 Å². The fourth-order valence-electron chi connectivity index (χ4n) is 1.88. The van der Waals surface area contributed by atoms with Gasteiger partial charge in [-0.25, -0.2) is 0 Å². The molecule has 0 amide bonds. The minimum Gasteiger partial charge on any atom is -0.337 e. The Morgan fingerprint density at radius 1 is 1.00 bits per heavy atom. The SMILES string of the molecule is N#Cc1nn(C(F)(F)F)c(Nc2c(Cl)cc(C(F)(F)F)cc2Cl)c1C#N. The quantitative estimate of drug-likeness (QED) is 0.688.